The zero-order chi connectivity index (χ0) is 20.0. The summed E-state index contributed by atoms with van der Waals surface area (Å²) < 4.78 is 25.9. The molecule has 0 saturated carbocycles. The predicted molar refractivity (Wildman–Crippen MR) is 103 cm³/mol. The summed E-state index contributed by atoms with van der Waals surface area (Å²) in [4.78, 5) is 16.3. The first-order chi connectivity index (χ1) is 12.7. The molecular weight excluding hydrogens is 386 g/mol. The number of rotatable bonds is 7. The van der Waals surface area contributed by atoms with Crippen molar-refractivity contribution in [3.63, 3.8) is 0 Å². The third kappa shape index (κ3) is 5.37. The number of hydrogen-bond donors (Lipinski definition) is 2. The number of hydrazine groups is 1. The van der Waals surface area contributed by atoms with E-state index < -0.39 is 15.9 Å². The molecule has 10 heteroatoms. The van der Waals surface area contributed by atoms with Gasteiger partial charge in [0, 0.05) is 24.3 Å². The monoisotopic (exact) mass is 405 g/mol. The quantitative estimate of drug-likeness (QED) is 0.534. The van der Waals surface area contributed by atoms with Crippen molar-refractivity contribution in [2.24, 2.45) is 0 Å². The fourth-order valence-corrected chi connectivity index (χ4v) is 3.92. The highest BCUT2D eigenvalue weighted by molar-refractivity contribution is 7.89. The van der Waals surface area contributed by atoms with Crippen molar-refractivity contribution in [2.75, 3.05) is 13.6 Å². The fraction of sp³-hybridized carbons (Fsp3) is 0.235. The number of nitriles is 1. The Kier molecular flexibility index (Phi) is 6.68. The van der Waals surface area contributed by atoms with E-state index in [0.29, 0.717) is 5.01 Å². The molecule has 1 amide bonds. The number of sulfonamides is 1. The molecule has 2 rings (SSSR count). The summed E-state index contributed by atoms with van der Waals surface area (Å²) in [6.45, 7) is 3.29. The van der Waals surface area contributed by atoms with Gasteiger partial charge in [-0.1, -0.05) is 17.7 Å². The lowest BCUT2D eigenvalue weighted by molar-refractivity contribution is -0.121. The highest BCUT2D eigenvalue weighted by Crippen LogP contribution is 2.17. The average molecular weight is 406 g/mol. The fourth-order valence-electron chi connectivity index (χ4n) is 2.03. The lowest BCUT2D eigenvalue weighted by Gasteiger charge is -2.17. The van der Waals surface area contributed by atoms with Crippen LogP contribution in [-0.2, 0) is 14.8 Å². The number of nitrogens with zero attached hydrogens (tertiary/aromatic N) is 3. The molecule has 142 valence electrons. The predicted octanol–water partition coefficient (Wildman–Crippen LogP) is 1.57. The maximum atomic E-state index is 12.5. The number of thiazole rings is 1. The number of carbonyl (C=O) groups excluding carboxylic acids is 1. The highest BCUT2D eigenvalue weighted by atomic mass is 32.2. The van der Waals surface area contributed by atoms with E-state index in [-0.39, 0.29) is 17.0 Å². The SMILES string of the molecule is Cc1ccc(S(=O)(=O)N(C)CC(=O)NN/C=C(\C#N)c2nc(C)cs2)cc1. The van der Waals surface area contributed by atoms with Gasteiger partial charge in [0.25, 0.3) is 5.91 Å². The molecule has 0 spiro atoms. The third-order valence-corrected chi connectivity index (χ3v) is 6.30. The molecule has 1 heterocycles. The van der Waals surface area contributed by atoms with Gasteiger partial charge in [0.15, 0.2) is 0 Å². The van der Waals surface area contributed by atoms with Gasteiger partial charge in [-0.05, 0) is 26.0 Å². The standard InChI is InChI=1S/C17H19N5O3S2/c1-12-4-6-15(7-5-12)27(24,25)22(3)10-16(23)21-19-9-14(8-18)17-20-13(2)11-26-17/h4-7,9,11,19H,10H2,1-3H3,(H,21,23)/b14-9+. The lowest BCUT2D eigenvalue weighted by Crippen LogP contribution is -2.42. The number of aryl methyl sites for hydroxylation is 2. The van der Waals surface area contributed by atoms with Gasteiger partial charge in [0.1, 0.15) is 16.6 Å². The van der Waals surface area contributed by atoms with Crippen LogP contribution in [0.15, 0.2) is 40.7 Å². The molecule has 2 aromatic rings. The van der Waals surface area contributed by atoms with Gasteiger partial charge in [0.2, 0.25) is 10.0 Å². The van der Waals surface area contributed by atoms with Crippen LogP contribution in [-0.4, -0.2) is 37.2 Å². The highest BCUT2D eigenvalue weighted by Gasteiger charge is 2.22. The molecule has 0 atom stereocenters. The van der Waals surface area contributed by atoms with Gasteiger partial charge in [-0.2, -0.15) is 9.57 Å². The van der Waals surface area contributed by atoms with Crippen molar-refractivity contribution >= 4 is 32.8 Å². The summed E-state index contributed by atoms with van der Waals surface area (Å²) >= 11 is 1.31. The summed E-state index contributed by atoms with van der Waals surface area (Å²) in [7, 11) is -2.45. The van der Waals surface area contributed by atoms with E-state index in [1.165, 1.54) is 36.7 Å². The van der Waals surface area contributed by atoms with Gasteiger partial charge >= 0.3 is 0 Å². The largest absolute Gasteiger partial charge is 0.304 e. The van der Waals surface area contributed by atoms with Gasteiger partial charge in [-0.25, -0.2) is 13.4 Å². The Morgan fingerprint density at radius 1 is 1.33 bits per heavy atom. The minimum Gasteiger partial charge on any atom is -0.304 e. The summed E-state index contributed by atoms with van der Waals surface area (Å²) in [5, 5.41) is 11.5. The first-order valence-electron chi connectivity index (χ1n) is 7.84. The normalized spacial score (nSPS) is 11.9. The van der Waals surface area contributed by atoms with E-state index in [1.807, 2.05) is 25.3 Å². The van der Waals surface area contributed by atoms with Gasteiger partial charge < -0.3 is 5.43 Å². The number of allylic oxidation sites excluding steroid dienone is 1. The van der Waals surface area contributed by atoms with Gasteiger partial charge in [-0.3, -0.25) is 10.2 Å². The Morgan fingerprint density at radius 3 is 2.56 bits per heavy atom. The molecule has 1 aromatic heterocycles. The average Bonchev–Trinajstić information content (AvgIpc) is 3.05. The summed E-state index contributed by atoms with van der Waals surface area (Å²) in [6, 6.07) is 8.36. The van der Waals surface area contributed by atoms with Crippen LogP contribution in [0.2, 0.25) is 0 Å². The maximum absolute atomic E-state index is 12.5. The Bertz CT molecular complexity index is 988. The Balaban J connectivity index is 1.95. The zero-order valence-electron chi connectivity index (χ0n) is 15.1. The minimum absolute atomic E-state index is 0.113. The number of likely N-dealkylation sites (N-methyl/N-ethyl adjacent to an activating group) is 1. The van der Waals surface area contributed by atoms with Crippen molar-refractivity contribution in [3.05, 3.63) is 52.1 Å². The van der Waals surface area contributed by atoms with Gasteiger partial charge in [-0.15, -0.1) is 11.3 Å². The van der Waals surface area contributed by atoms with E-state index in [9.17, 15) is 13.2 Å². The summed E-state index contributed by atoms with van der Waals surface area (Å²) in [5.74, 6) is -0.572. The van der Waals surface area contributed by atoms with E-state index in [4.69, 9.17) is 5.26 Å². The Hall–Kier alpha value is -2.74. The Morgan fingerprint density at radius 2 is 2.00 bits per heavy atom. The summed E-state index contributed by atoms with van der Waals surface area (Å²) in [6.07, 6.45) is 1.31. The van der Waals surface area contributed by atoms with Crippen LogP contribution in [0.1, 0.15) is 16.3 Å². The first kappa shape index (κ1) is 20.6. The first-order valence-corrected chi connectivity index (χ1v) is 10.2. The molecular formula is C17H19N5O3S2. The van der Waals surface area contributed by atoms with Crippen LogP contribution in [0.3, 0.4) is 0 Å². The summed E-state index contributed by atoms with van der Waals surface area (Å²) in [5.41, 5.74) is 6.84. The second-order valence-corrected chi connectivity index (χ2v) is 8.63. The number of benzene rings is 1. The van der Waals surface area contributed by atoms with E-state index in [0.717, 1.165) is 15.6 Å². The van der Waals surface area contributed by atoms with Crippen molar-refractivity contribution in [3.8, 4) is 6.07 Å². The second kappa shape index (κ2) is 8.77. The molecule has 8 nitrogen and oxygen atoms in total. The van der Waals surface area contributed by atoms with Crippen molar-refractivity contribution in [1.82, 2.24) is 20.1 Å². The molecule has 27 heavy (non-hydrogen) atoms. The van der Waals surface area contributed by atoms with Crippen LogP contribution < -0.4 is 10.9 Å². The molecule has 2 N–H and O–H groups in total. The second-order valence-electron chi connectivity index (χ2n) is 5.73. The Labute approximate surface area is 162 Å². The number of carbonyl (C=O) groups is 1. The van der Waals surface area contributed by atoms with Crippen LogP contribution in [0.25, 0.3) is 5.57 Å². The van der Waals surface area contributed by atoms with E-state index in [2.05, 4.69) is 15.8 Å². The molecule has 0 aliphatic rings. The number of amides is 1. The van der Waals surface area contributed by atoms with E-state index in [1.54, 1.807) is 12.1 Å². The zero-order valence-corrected chi connectivity index (χ0v) is 16.7. The van der Waals surface area contributed by atoms with Gasteiger partial charge in [0.05, 0.1) is 11.4 Å². The topological polar surface area (TPSA) is 115 Å². The van der Waals surface area contributed by atoms with Crippen molar-refractivity contribution in [2.45, 2.75) is 18.7 Å². The molecule has 0 radical (unpaired) electrons. The van der Waals surface area contributed by atoms with Crippen molar-refractivity contribution in [1.29, 1.82) is 5.26 Å². The molecule has 0 saturated heterocycles. The van der Waals surface area contributed by atoms with Crippen LogP contribution in [0.5, 0.6) is 0 Å². The third-order valence-electron chi connectivity index (χ3n) is 3.49. The lowest BCUT2D eigenvalue weighted by atomic mass is 10.2. The van der Waals surface area contributed by atoms with Crippen LogP contribution in [0.4, 0.5) is 0 Å². The molecule has 0 bridgehead atoms. The van der Waals surface area contributed by atoms with Crippen molar-refractivity contribution < 1.29 is 13.2 Å². The number of nitrogens with one attached hydrogen (secondary N) is 2. The number of hydrogen-bond acceptors (Lipinski definition) is 7. The number of aromatic nitrogens is 1. The maximum Gasteiger partial charge on any atom is 0.253 e. The molecule has 1 aromatic carbocycles. The van der Waals surface area contributed by atoms with Crippen LogP contribution >= 0.6 is 11.3 Å². The van der Waals surface area contributed by atoms with Crippen LogP contribution in [0, 0.1) is 25.2 Å². The smallest absolute Gasteiger partial charge is 0.253 e. The molecule has 0 aliphatic heterocycles. The minimum atomic E-state index is -3.77. The molecule has 0 aliphatic carbocycles. The molecule has 0 fully saturated rings. The van der Waals surface area contributed by atoms with E-state index >= 15 is 0 Å². The molecule has 0 unspecified atom stereocenters.